The van der Waals surface area contributed by atoms with Gasteiger partial charge in [0.15, 0.2) is 5.75 Å². The molecule has 4 nitrogen and oxygen atoms in total. The Morgan fingerprint density at radius 2 is 2.29 bits per heavy atom. The van der Waals surface area contributed by atoms with E-state index in [0.29, 0.717) is 20.4 Å². The van der Waals surface area contributed by atoms with Gasteiger partial charge in [-0.2, -0.15) is 5.26 Å². The van der Waals surface area contributed by atoms with Crippen molar-refractivity contribution in [3.8, 4) is 11.8 Å². The second-order valence-electron chi connectivity index (χ2n) is 2.48. The number of primary amides is 1. The fourth-order valence-corrected chi connectivity index (χ4v) is 1.99. The zero-order valence-corrected chi connectivity index (χ0v) is 9.53. The summed E-state index contributed by atoms with van der Waals surface area (Å²) >= 11 is 1.93. The second-order valence-corrected chi connectivity index (χ2v) is 3.56. The monoisotopic (exact) mass is 302 g/mol. The number of hydrogen-bond donors (Lipinski definition) is 1. The molecule has 1 aromatic carbocycles. The molecule has 1 aromatic rings. The number of hydrogen-bond acceptors (Lipinski definition) is 3. The Balaban J connectivity index is 3.44. The van der Waals surface area contributed by atoms with Crippen LogP contribution in [0.1, 0.15) is 15.9 Å². The minimum Gasteiger partial charge on any atom is -0.494 e. The van der Waals surface area contributed by atoms with E-state index >= 15 is 0 Å². The quantitative estimate of drug-likeness (QED) is 0.836. The fraction of sp³-hybridized carbons (Fsp3) is 0.111. The third-order valence-electron chi connectivity index (χ3n) is 1.69. The van der Waals surface area contributed by atoms with Gasteiger partial charge in [-0.3, -0.25) is 4.79 Å². The standard InChI is InChI=1S/C9H7IN2O2/c1-14-8-5(4-11)2-3-6(7(8)10)9(12)13/h2-3H,1H3,(H2,12,13). The van der Waals surface area contributed by atoms with Crippen molar-refractivity contribution in [2.24, 2.45) is 5.73 Å². The van der Waals surface area contributed by atoms with E-state index in [2.05, 4.69) is 0 Å². The number of benzene rings is 1. The van der Waals surface area contributed by atoms with Crippen LogP contribution in [-0.4, -0.2) is 13.0 Å². The predicted molar refractivity (Wildman–Crippen MR) is 58.9 cm³/mol. The van der Waals surface area contributed by atoms with E-state index in [4.69, 9.17) is 15.7 Å². The molecule has 0 radical (unpaired) electrons. The van der Waals surface area contributed by atoms with Gasteiger partial charge in [0.25, 0.3) is 0 Å². The van der Waals surface area contributed by atoms with E-state index < -0.39 is 5.91 Å². The lowest BCUT2D eigenvalue weighted by molar-refractivity contribution is 0.0999. The number of carbonyl (C=O) groups excluding carboxylic acids is 1. The summed E-state index contributed by atoms with van der Waals surface area (Å²) in [6, 6.07) is 5.01. The molecule has 0 unspecified atom stereocenters. The molecular weight excluding hydrogens is 295 g/mol. The summed E-state index contributed by atoms with van der Waals surface area (Å²) in [6.07, 6.45) is 0. The zero-order chi connectivity index (χ0) is 10.7. The van der Waals surface area contributed by atoms with E-state index in [1.807, 2.05) is 28.7 Å². The molecule has 0 aliphatic heterocycles. The van der Waals surface area contributed by atoms with Gasteiger partial charge in [-0.25, -0.2) is 0 Å². The van der Waals surface area contributed by atoms with Crippen LogP contribution in [0.4, 0.5) is 0 Å². The first-order valence-electron chi connectivity index (χ1n) is 3.68. The first-order chi connectivity index (χ1) is 6.61. The number of nitrogens with two attached hydrogens (primary N) is 1. The summed E-state index contributed by atoms with van der Waals surface area (Å²) in [5.41, 5.74) is 5.90. The highest BCUT2D eigenvalue weighted by Crippen LogP contribution is 2.27. The average Bonchev–Trinajstić information content (AvgIpc) is 2.16. The Hall–Kier alpha value is -1.29. The number of halogens is 1. The maximum atomic E-state index is 11.0. The van der Waals surface area contributed by atoms with Gasteiger partial charge in [-0.1, -0.05) is 0 Å². The van der Waals surface area contributed by atoms with Crippen LogP contribution in [0.5, 0.6) is 5.75 Å². The second kappa shape index (κ2) is 4.28. The van der Waals surface area contributed by atoms with Gasteiger partial charge in [0.1, 0.15) is 6.07 Å². The summed E-state index contributed by atoms with van der Waals surface area (Å²) in [5, 5.41) is 8.75. The molecule has 5 heteroatoms. The van der Waals surface area contributed by atoms with Crippen LogP contribution in [0.3, 0.4) is 0 Å². The Morgan fingerprint density at radius 1 is 1.64 bits per heavy atom. The number of carbonyl (C=O) groups is 1. The van der Waals surface area contributed by atoms with Crippen LogP contribution in [0.25, 0.3) is 0 Å². The smallest absolute Gasteiger partial charge is 0.249 e. The lowest BCUT2D eigenvalue weighted by Crippen LogP contribution is -2.13. The number of methoxy groups -OCH3 is 1. The lowest BCUT2D eigenvalue weighted by Gasteiger charge is -2.07. The molecule has 0 aliphatic carbocycles. The average molecular weight is 302 g/mol. The fourth-order valence-electron chi connectivity index (χ4n) is 1.03. The number of rotatable bonds is 2. The highest BCUT2D eigenvalue weighted by Gasteiger charge is 2.14. The van der Waals surface area contributed by atoms with Gasteiger partial charge < -0.3 is 10.5 Å². The van der Waals surface area contributed by atoms with Crippen molar-refractivity contribution in [2.45, 2.75) is 0 Å². The Kier molecular flexibility index (Phi) is 3.30. The summed E-state index contributed by atoms with van der Waals surface area (Å²) in [7, 11) is 1.45. The third kappa shape index (κ3) is 1.80. The molecule has 0 fully saturated rings. The van der Waals surface area contributed by atoms with Gasteiger partial charge in [-0.15, -0.1) is 0 Å². The predicted octanol–water partition coefficient (Wildman–Crippen LogP) is 1.27. The van der Waals surface area contributed by atoms with E-state index in [-0.39, 0.29) is 0 Å². The van der Waals surface area contributed by atoms with Crippen LogP contribution < -0.4 is 10.5 Å². The summed E-state index contributed by atoms with van der Waals surface area (Å²) < 4.78 is 5.59. The van der Waals surface area contributed by atoms with Crippen LogP contribution in [0, 0.1) is 14.9 Å². The first-order valence-corrected chi connectivity index (χ1v) is 4.76. The minimum atomic E-state index is -0.530. The molecule has 0 heterocycles. The van der Waals surface area contributed by atoms with Gasteiger partial charge in [0, 0.05) is 0 Å². The summed E-state index contributed by atoms with van der Waals surface area (Å²) in [5.74, 6) is -0.137. The summed E-state index contributed by atoms with van der Waals surface area (Å²) in [6.45, 7) is 0. The van der Waals surface area contributed by atoms with Crippen molar-refractivity contribution in [2.75, 3.05) is 7.11 Å². The molecule has 0 saturated heterocycles. The molecular formula is C9H7IN2O2. The molecule has 14 heavy (non-hydrogen) atoms. The topological polar surface area (TPSA) is 76.1 Å². The maximum absolute atomic E-state index is 11.0. The van der Waals surface area contributed by atoms with E-state index in [9.17, 15) is 4.79 Å². The van der Waals surface area contributed by atoms with E-state index in [1.165, 1.54) is 19.2 Å². The highest BCUT2D eigenvalue weighted by atomic mass is 127. The minimum absolute atomic E-state index is 0.362. The van der Waals surface area contributed by atoms with E-state index in [1.54, 1.807) is 0 Å². The molecule has 2 N–H and O–H groups in total. The van der Waals surface area contributed by atoms with Crippen molar-refractivity contribution in [3.63, 3.8) is 0 Å². The molecule has 0 aromatic heterocycles. The molecule has 0 bridgehead atoms. The maximum Gasteiger partial charge on any atom is 0.249 e. The van der Waals surface area contributed by atoms with Crippen molar-refractivity contribution in [3.05, 3.63) is 26.8 Å². The molecule has 0 spiro atoms. The van der Waals surface area contributed by atoms with Crippen molar-refractivity contribution < 1.29 is 9.53 Å². The largest absolute Gasteiger partial charge is 0.494 e. The molecule has 72 valence electrons. The van der Waals surface area contributed by atoms with Gasteiger partial charge in [0.2, 0.25) is 5.91 Å². The summed E-state index contributed by atoms with van der Waals surface area (Å²) in [4.78, 5) is 11.0. The normalized spacial score (nSPS) is 9.21. The van der Waals surface area contributed by atoms with Crippen LogP contribution in [0.15, 0.2) is 12.1 Å². The SMILES string of the molecule is COc1c(C#N)ccc(C(N)=O)c1I. The van der Waals surface area contributed by atoms with Gasteiger partial charge >= 0.3 is 0 Å². The molecule has 1 rings (SSSR count). The van der Waals surface area contributed by atoms with Crippen molar-refractivity contribution in [1.82, 2.24) is 0 Å². The van der Waals surface area contributed by atoms with Crippen LogP contribution in [-0.2, 0) is 0 Å². The Labute approximate surface area is 94.8 Å². The highest BCUT2D eigenvalue weighted by molar-refractivity contribution is 14.1. The van der Waals surface area contributed by atoms with Gasteiger partial charge in [0.05, 0.1) is 21.8 Å². The molecule has 0 saturated carbocycles. The molecule has 1 amide bonds. The molecule has 0 aliphatic rings. The number of nitrogens with zero attached hydrogens (tertiary/aromatic N) is 1. The Morgan fingerprint density at radius 3 is 2.71 bits per heavy atom. The van der Waals surface area contributed by atoms with Gasteiger partial charge in [-0.05, 0) is 34.7 Å². The van der Waals surface area contributed by atoms with Crippen LogP contribution >= 0.6 is 22.6 Å². The van der Waals surface area contributed by atoms with Crippen molar-refractivity contribution >= 4 is 28.5 Å². The Bertz CT molecular complexity index is 424. The third-order valence-corrected chi connectivity index (χ3v) is 2.76. The first kappa shape index (κ1) is 10.8. The number of nitriles is 1. The van der Waals surface area contributed by atoms with Crippen LogP contribution in [0.2, 0.25) is 0 Å². The number of amides is 1. The zero-order valence-electron chi connectivity index (χ0n) is 7.37. The van der Waals surface area contributed by atoms with E-state index in [0.717, 1.165) is 0 Å². The lowest BCUT2D eigenvalue weighted by atomic mass is 10.1. The van der Waals surface area contributed by atoms with Crippen molar-refractivity contribution in [1.29, 1.82) is 5.26 Å². The molecule has 0 atom stereocenters. The number of ether oxygens (including phenoxy) is 1.